The Labute approximate surface area is 200 Å². The molecule has 34 heavy (non-hydrogen) atoms. The zero-order valence-corrected chi connectivity index (χ0v) is 19.8. The number of nitrogens with one attached hydrogen (secondary N) is 2. The molecule has 1 aliphatic heterocycles. The molecule has 182 valence electrons. The first-order valence-corrected chi connectivity index (χ1v) is 11.7. The maximum Gasteiger partial charge on any atom is 0.411 e. The fourth-order valence-corrected chi connectivity index (χ4v) is 3.64. The quantitative estimate of drug-likeness (QED) is 0.564. The van der Waals surface area contributed by atoms with Crippen molar-refractivity contribution < 1.29 is 23.9 Å². The number of hydrogen-bond acceptors (Lipinski definition) is 5. The summed E-state index contributed by atoms with van der Waals surface area (Å²) >= 11 is 0. The van der Waals surface area contributed by atoms with Crippen molar-refractivity contribution >= 4 is 29.3 Å². The molecule has 0 radical (unpaired) electrons. The molecule has 0 bridgehead atoms. The van der Waals surface area contributed by atoms with Crippen LogP contribution in [-0.4, -0.2) is 49.1 Å². The van der Waals surface area contributed by atoms with Gasteiger partial charge in [0.15, 0.2) is 0 Å². The Balaban J connectivity index is 1.40. The second-order valence-electron chi connectivity index (χ2n) is 8.75. The van der Waals surface area contributed by atoms with E-state index in [1.165, 1.54) is 0 Å². The van der Waals surface area contributed by atoms with Crippen LogP contribution in [0.4, 0.5) is 16.2 Å². The van der Waals surface area contributed by atoms with Crippen LogP contribution in [0.25, 0.3) is 0 Å². The first kappa shape index (κ1) is 25.1. The van der Waals surface area contributed by atoms with Crippen molar-refractivity contribution in [2.45, 2.75) is 33.1 Å². The van der Waals surface area contributed by atoms with Crippen LogP contribution >= 0.6 is 0 Å². The number of benzene rings is 2. The van der Waals surface area contributed by atoms with E-state index in [0.717, 1.165) is 5.75 Å². The number of amides is 3. The summed E-state index contributed by atoms with van der Waals surface area (Å²) in [6.45, 7) is 5.69. The van der Waals surface area contributed by atoms with E-state index in [1.54, 1.807) is 29.2 Å². The van der Waals surface area contributed by atoms with Crippen LogP contribution in [0.5, 0.6) is 5.75 Å². The van der Waals surface area contributed by atoms with Gasteiger partial charge in [-0.2, -0.15) is 0 Å². The molecular weight excluding hydrogens is 434 g/mol. The molecule has 0 spiro atoms. The van der Waals surface area contributed by atoms with Crippen LogP contribution in [0.2, 0.25) is 0 Å². The van der Waals surface area contributed by atoms with Gasteiger partial charge < -0.3 is 19.7 Å². The number of rotatable bonds is 9. The molecule has 0 aromatic heterocycles. The van der Waals surface area contributed by atoms with Gasteiger partial charge in [-0.25, -0.2) is 4.79 Å². The van der Waals surface area contributed by atoms with Crippen LogP contribution in [0.1, 0.15) is 33.1 Å². The summed E-state index contributed by atoms with van der Waals surface area (Å²) < 4.78 is 10.7. The molecule has 0 saturated carbocycles. The molecule has 3 amide bonds. The number of carbonyl (C=O) groups excluding carboxylic acids is 3. The number of piperidine rings is 1. The summed E-state index contributed by atoms with van der Waals surface area (Å²) in [4.78, 5) is 38.9. The number of hydrogen-bond donors (Lipinski definition) is 2. The van der Waals surface area contributed by atoms with Crippen LogP contribution in [0.15, 0.2) is 54.6 Å². The Morgan fingerprint density at radius 1 is 0.971 bits per heavy atom. The summed E-state index contributed by atoms with van der Waals surface area (Å²) in [6.07, 6.45) is 1.00. The van der Waals surface area contributed by atoms with E-state index >= 15 is 0 Å². The minimum absolute atomic E-state index is 0.0397. The van der Waals surface area contributed by atoms with E-state index in [2.05, 4.69) is 10.6 Å². The van der Waals surface area contributed by atoms with Gasteiger partial charge in [0.25, 0.3) is 0 Å². The van der Waals surface area contributed by atoms with E-state index in [9.17, 15) is 14.4 Å². The predicted molar refractivity (Wildman–Crippen MR) is 131 cm³/mol. The molecule has 1 fully saturated rings. The number of carbonyl (C=O) groups is 3. The fraction of sp³-hybridized carbons (Fsp3) is 0.423. The van der Waals surface area contributed by atoms with E-state index < -0.39 is 6.09 Å². The summed E-state index contributed by atoms with van der Waals surface area (Å²) in [6, 6.07) is 16.4. The van der Waals surface area contributed by atoms with Crippen molar-refractivity contribution in [3.8, 4) is 5.75 Å². The van der Waals surface area contributed by atoms with Gasteiger partial charge in [-0.05, 0) is 49.1 Å². The number of ether oxygens (including phenoxy) is 2. The van der Waals surface area contributed by atoms with Crippen molar-refractivity contribution in [3.05, 3.63) is 54.6 Å². The van der Waals surface area contributed by atoms with E-state index in [-0.39, 0.29) is 23.7 Å². The van der Waals surface area contributed by atoms with Crippen LogP contribution in [-0.2, 0) is 14.3 Å². The van der Waals surface area contributed by atoms with Gasteiger partial charge in [0.1, 0.15) is 5.75 Å². The number of anilines is 2. The Kier molecular flexibility index (Phi) is 9.31. The molecule has 0 aliphatic carbocycles. The summed E-state index contributed by atoms with van der Waals surface area (Å²) in [5.41, 5.74) is 1.15. The van der Waals surface area contributed by atoms with Gasteiger partial charge in [0.05, 0.1) is 19.6 Å². The van der Waals surface area contributed by atoms with Crippen LogP contribution in [0.3, 0.4) is 0 Å². The highest BCUT2D eigenvalue weighted by atomic mass is 16.5. The minimum atomic E-state index is -0.525. The highest BCUT2D eigenvalue weighted by Crippen LogP contribution is 2.22. The second-order valence-corrected chi connectivity index (χ2v) is 8.75. The van der Waals surface area contributed by atoms with Crippen molar-refractivity contribution in [3.63, 3.8) is 0 Å². The highest BCUT2D eigenvalue weighted by Gasteiger charge is 2.27. The van der Waals surface area contributed by atoms with Gasteiger partial charge in [-0.1, -0.05) is 38.1 Å². The minimum Gasteiger partial charge on any atom is -0.493 e. The normalized spacial score (nSPS) is 13.9. The first-order chi connectivity index (χ1) is 16.4. The Bertz CT molecular complexity index is 956. The maximum absolute atomic E-state index is 12.7. The van der Waals surface area contributed by atoms with Gasteiger partial charge in [-0.15, -0.1) is 0 Å². The van der Waals surface area contributed by atoms with Gasteiger partial charge >= 0.3 is 6.09 Å². The lowest BCUT2D eigenvalue weighted by Gasteiger charge is -2.31. The highest BCUT2D eigenvalue weighted by molar-refractivity contribution is 5.94. The molecule has 2 aromatic rings. The van der Waals surface area contributed by atoms with E-state index in [4.69, 9.17) is 9.47 Å². The smallest absolute Gasteiger partial charge is 0.411 e. The molecular formula is C26H33N3O5. The molecule has 3 rings (SSSR count). The fourth-order valence-electron chi connectivity index (χ4n) is 3.64. The lowest BCUT2D eigenvalue weighted by atomic mass is 9.95. The SMILES string of the molecule is CC(C)COC(=O)Nc1cccc(NC(=O)C2CCN(C(=O)CCOc3ccccc3)CC2)c1. The molecule has 0 atom stereocenters. The van der Waals surface area contributed by atoms with Gasteiger partial charge in [0, 0.05) is 30.4 Å². The van der Waals surface area contributed by atoms with E-state index in [0.29, 0.717) is 56.9 Å². The molecule has 1 heterocycles. The Morgan fingerprint density at radius 2 is 1.65 bits per heavy atom. The molecule has 0 unspecified atom stereocenters. The molecule has 8 heteroatoms. The van der Waals surface area contributed by atoms with Crippen LogP contribution in [0, 0.1) is 11.8 Å². The monoisotopic (exact) mass is 467 g/mol. The molecule has 2 aromatic carbocycles. The van der Waals surface area contributed by atoms with Crippen molar-refractivity contribution in [2.24, 2.45) is 11.8 Å². The third-order valence-electron chi connectivity index (χ3n) is 5.47. The van der Waals surface area contributed by atoms with E-state index in [1.807, 2.05) is 44.2 Å². The van der Waals surface area contributed by atoms with Crippen molar-refractivity contribution in [1.82, 2.24) is 4.90 Å². The number of para-hydroxylation sites is 1. The number of likely N-dealkylation sites (tertiary alicyclic amines) is 1. The summed E-state index contributed by atoms with van der Waals surface area (Å²) in [5, 5.41) is 5.59. The molecule has 2 N–H and O–H groups in total. The number of nitrogens with zero attached hydrogens (tertiary/aromatic N) is 1. The Morgan fingerprint density at radius 3 is 2.32 bits per heavy atom. The van der Waals surface area contributed by atoms with Crippen LogP contribution < -0.4 is 15.4 Å². The predicted octanol–water partition coefficient (Wildman–Crippen LogP) is 4.54. The van der Waals surface area contributed by atoms with Gasteiger partial charge in [0.2, 0.25) is 11.8 Å². The zero-order valence-electron chi connectivity index (χ0n) is 19.8. The lowest BCUT2D eigenvalue weighted by molar-refractivity contribution is -0.135. The average molecular weight is 468 g/mol. The molecule has 1 aliphatic rings. The molecule has 1 saturated heterocycles. The first-order valence-electron chi connectivity index (χ1n) is 11.7. The zero-order chi connectivity index (χ0) is 24.3. The van der Waals surface area contributed by atoms with Gasteiger partial charge in [-0.3, -0.25) is 14.9 Å². The topological polar surface area (TPSA) is 97.0 Å². The van der Waals surface area contributed by atoms with Crippen molar-refractivity contribution in [2.75, 3.05) is 36.9 Å². The second kappa shape index (κ2) is 12.6. The standard InChI is InChI=1S/C26H33N3O5/c1-19(2)18-34-26(32)28-22-8-6-7-21(17-22)27-25(31)20-11-14-29(15-12-20)24(30)13-16-33-23-9-4-3-5-10-23/h3-10,17,19-20H,11-16,18H2,1-2H3,(H,27,31)(H,28,32). The third kappa shape index (κ3) is 8.10. The summed E-state index contributed by atoms with van der Waals surface area (Å²) in [7, 11) is 0. The third-order valence-corrected chi connectivity index (χ3v) is 5.47. The molecule has 8 nitrogen and oxygen atoms in total. The lowest BCUT2D eigenvalue weighted by Crippen LogP contribution is -2.41. The average Bonchev–Trinajstić information content (AvgIpc) is 2.83. The van der Waals surface area contributed by atoms with Crippen molar-refractivity contribution in [1.29, 1.82) is 0 Å². The summed E-state index contributed by atoms with van der Waals surface area (Å²) in [5.74, 6) is 0.785. The Hall–Kier alpha value is -3.55. The maximum atomic E-state index is 12.7. The largest absolute Gasteiger partial charge is 0.493 e.